The van der Waals surface area contributed by atoms with Crippen molar-refractivity contribution >= 4 is 21.8 Å². The average Bonchev–Trinajstić information content (AvgIpc) is 2.04. The Morgan fingerprint density at radius 2 is 2.31 bits per heavy atom. The van der Waals surface area contributed by atoms with Crippen LogP contribution in [0.3, 0.4) is 0 Å². The van der Waals surface area contributed by atoms with Crippen molar-refractivity contribution < 1.29 is 8.42 Å². The molecule has 1 unspecified atom stereocenters. The maximum Gasteiger partial charge on any atom is 0.215 e. The van der Waals surface area contributed by atoms with Crippen molar-refractivity contribution in [1.82, 2.24) is 4.31 Å². The van der Waals surface area contributed by atoms with Crippen LogP contribution < -0.4 is 5.73 Å². The Labute approximate surface area is 83.9 Å². The van der Waals surface area contributed by atoms with Gasteiger partial charge in [-0.2, -0.15) is 16.1 Å². The van der Waals surface area contributed by atoms with Gasteiger partial charge in [-0.25, -0.2) is 8.42 Å². The first-order valence-electron chi connectivity index (χ1n) is 4.35. The van der Waals surface area contributed by atoms with E-state index in [2.05, 4.69) is 0 Å². The molecule has 78 valence electrons. The van der Waals surface area contributed by atoms with Crippen LogP contribution >= 0.6 is 11.8 Å². The lowest BCUT2D eigenvalue weighted by molar-refractivity contribution is 0.368. The summed E-state index contributed by atoms with van der Waals surface area (Å²) in [6, 6.07) is 0.121. The first-order chi connectivity index (χ1) is 6.08. The summed E-state index contributed by atoms with van der Waals surface area (Å²) in [5.74, 6) is 1.86. The molecule has 0 saturated carbocycles. The molecule has 0 spiro atoms. The second-order valence-electron chi connectivity index (χ2n) is 3.14. The average molecular weight is 224 g/mol. The van der Waals surface area contributed by atoms with Gasteiger partial charge < -0.3 is 5.73 Å². The molecule has 0 bridgehead atoms. The van der Waals surface area contributed by atoms with Gasteiger partial charge in [-0.1, -0.05) is 0 Å². The lowest BCUT2D eigenvalue weighted by Crippen LogP contribution is -2.46. The summed E-state index contributed by atoms with van der Waals surface area (Å²) in [6.45, 7) is 2.78. The Kier molecular flexibility index (Phi) is 4.03. The monoisotopic (exact) mass is 224 g/mol. The van der Waals surface area contributed by atoms with Gasteiger partial charge in [0, 0.05) is 30.6 Å². The molecular formula is C7H16N2O2S2. The second-order valence-corrected chi connectivity index (χ2v) is 6.33. The van der Waals surface area contributed by atoms with Gasteiger partial charge in [0.15, 0.2) is 0 Å². The molecular weight excluding hydrogens is 208 g/mol. The molecule has 0 amide bonds. The number of nitrogens with zero attached hydrogens (tertiary/aromatic N) is 1. The highest BCUT2D eigenvalue weighted by Gasteiger charge is 2.28. The molecule has 0 aliphatic carbocycles. The molecule has 1 heterocycles. The van der Waals surface area contributed by atoms with Crippen molar-refractivity contribution in [2.24, 2.45) is 5.73 Å². The van der Waals surface area contributed by atoms with Crippen LogP contribution in [0.1, 0.15) is 6.92 Å². The molecule has 1 aliphatic heterocycles. The molecule has 13 heavy (non-hydrogen) atoms. The maximum atomic E-state index is 11.6. The highest BCUT2D eigenvalue weighted by molar-refractivity contribution is 7.99. The molecule has 0 radical (unpaired) electrons. The van der Waals surface area contributed by atoms with Crippen LogP contribution in [0.5, 0.6) is 0 Å². The van der Waals surface area contributed by atoms with Gasteiger partial charge in [0.2, 0.25) is 10.0 Å². The van der Waals surface area contributed by atoms with E-state index in [1.165, 1.54) is 0 Å². The first kappa shape index (κ1) is 11.3. The van der Waals surface area contributed by atoms with Gasteiger partial charge in [0.1, 0.15) is 0 Å². The third kappa shape index (κ3) is 2.83. The largest absolute Gasteiger partial charge is 0.329 e. The Morgan fingerprint density at radius 1 is 1.62 bits per heavy atom. The predicted molar refractivity (Wildman–Crippen MR) is 56.3 cm³/mol. The van der Waals surface area contributed by atoms with Crippen molar-refractivity contribution in [3.63, 3.8) is 0 Å². The van der Waals surface area contributed by atoms with Crippen LogP contribution in [0.2, 0.25) is 0 Å². The summed E-state index contributed by atoms with van der Waals surface area (Å²) < 4.78 is 24.8. The fourth-order valence-corrected chi connectivity index (χ4v) is 4.14. The molecule has 0 aromatic rings. The summed E-state index contributed by atoms with van der Waals surface area (Å²) in [4.78, 5) is 0. The van der Waals surface area contributed by atoms with Crippen molar-refractivity contribution in [3.05, 3.63) is 0 Å². The SMILES string of the molecule is CC1CSCCN1S(=O)(=O)CCN. The van der Waals surface area contributed by atoms with Crippen molar-refractivity contribution in [2.45, 2.75) is 13.0 Å². The first-order valence-corrected chi connectivity index (χ1v) is 7.11. The third-order valence-corrected chi connectivity index (χ3v) is 5.24. The standard InChI is InChI=1S/C7H16N2O2S2/c1-7-6-12-4-3-9(7)13(10,11)5-2-8/h7H,2-6,8H2,1H3. The van der Waals surface area contributed by atoms with Crippen LogP contribution in [0.4, 0.5) is 0 Å². The van der Waals surface area contributed by atoms with E-state index in [-0.39, 0.29) is 18.3 Å². The van der Waals surface area contributed by atoms with E-state index in [4.69, 9.17) is 5.73 Å². The number of hydrogen-bond acceptors (Lipinski definition) is 4. The van der Waals surface area contributed by atoms with E-state index in [1.54, 1.807) is 16.1 Å². The number of sulfonamides is 1. The zero-order chi connectivity index (χ0) is 9.90. The fraction of sp³-hybridized carbons (Fsp3) is 1.00. The molecule has 1 rings (SSSR count). The molecule has 1 fully saturated rings. The summed E-state index contributed by atoms with van der Waals surface area (Å²) in [7, 11) is -3.09. The van der Waals surface area contributed by atoms with Crippen molar-refractivity contribution in [1.29, 1.82) is 0 Å². The van der Waals surface area contributed by atoms with E-state index in [0.717, 1.165) is 11.5 Å². The van der Waals surface area contributed by atoms with Crippen molar-refractivity contribution in [3.8, 4) is 0 Å². The topological polar surface area (TPSA) is 63.4 Å². The zero-order valence-corrected chi connectivity index (χ0v) is 9.40. The molecule has 1 aliphatic rings. The highest BCUT2D eigenvalue weighted by Crippen LogP contribution is 2.19. The minimum Gasteiger partial charge on any atom is -0.329 e. The zero-order valence-electron chi connectivity index (χ0n) is 7.77. The summed E-state index contributed by atoms with van der Waals surface area (Å²) in [5.41, 5.74) is 5.26. The van der Waals surface area contributed by atoms with E-state index in [1.807, 2.05) is 6.92 Å². The maximum absolute atomic E-state index is 11.6. The third-order valence-electron chi connectivity index (χ3n) is 2.04. The minimum atomic E-state index is -3.09. The van der Waals surface area contributed by atoms with Crippen LogP contribution in [-0.4, -0.2) is 49.1 Å². The molecule has 0 aromatic heterocycles. The van der Waals surface area contributed by atoms with Gasteiger partial charge in [-0.3, -0.25) is 0 Å². The lowest BCUT2D eigenvalue weighted by atomic mass is 10.4. The molecule has 2 N–H and O–H groups in total. The van der Waals surface area contributed by atoms with Gasteiger partial charge >= 0.3 is 0 Å². The molecule has 0 aromatic carbocycles. The van der Waals surface area contributed by atoms with E-state index in [9.17, 15) is 8.42 Å². The summed E-state index contributed by atoms with van der Waals surface area (Å²) in [5, 5.41) is 0. The van der Waals surface area contributed by atoms with Crippen LogP contribution in [0, 0.1) is 0 Å². The van der Waals surface area contributed by atoms with Gasteiger partial charge in [0.25, 0.3) is 0 Å². The number of rotatable bonds is 3. The van der Waals surface area contributed by atoms with Crippen LogP contribution in [0.15, 0.2) is 0 Å². The van der Waals surface area contributed by atoms with Crippen LogP contribution in [0.25, 0.3) is 0 Å². The predicted octanol–water partition coefficient (Wildman–Crippen LogP) is -0.288. The number of nitrogens with two attached hydrogens (primary N) is 1. The second kappa shape index (κ2) is 4.63. The van der Waals surface area contributed by atoms with E-state index < -0.39 is 10.0 Å². The highest BCUT2D eigenvalue weighted by atomic mass is 32.2. The number of hydrogen-bond donors (Lipinski definition) is 1. The quantitative estimate of drug-likeness (QED) is 0.715. The summed E-state index contributed by atoms with van der Waals surface area (Å²) in [6.07, 6.45) is 0. The van der Waals surface area contributed by atoms with Crippen molar-refractivity contribution in [2.75, 3.05) is 30.3 Å². The molecule has 4 nitrogen and oxygen atoms in total. The fourth-order valence-electron chi connectivity index (χ4n) is 1.39. The summed E-state index contributed by atoms with van der Waals surface area (Å²) >= 11 is 1.80. The van der Waals surface area contributed by atoms with Gasteiger partial charge in [-0.05, 0) is 6.92 Å². The normalized spacial score (nSPS) is 26.2. The Bertz CT molecular complexity index is 253. The molecule has 1 saturated heterocycles. The van der Waals surface area contributed by atoms with Crippen LogP contribution in [-0.2, 0) is 10.0 Å². The van der Waals surface area contributed by atoms with E-state index in [0.29, 0.717) is 6.54 Å². The Hall–Kier alpha value is 0.220. The van der Waals surface area contributed by atoms with Gasteiger partial charge in [-0.15, -0.1) is 0 Å². The minimum absolute atomic E-state index is 0.0714. The van der Waals surface area contributed by atoms with Gasteiger partial charge in [0.05, 0.1) is 5.75 Å². The lowest BCUT2D eigenvalue weighted by Gasteiger charge is -2.31. The smallest absolute Gasteiger partial charge is 0.215 e. The van der Waals surface area contributed by atoms with E-state index >= 15 is 0 Å². The Morgan fingerprint density at radius 3 is 2.85 bits per heavy atom. The number of thioether (sulfide) groups is 1. The Balaban J connectivity index is 2.68. The molecule has 6 heteroatoms. The molecule has 1 atom stereocenters.